The maximum absolute atomic E-state index is 12.3. The monoisotopic (exact) mass is 407 g/mol. The molecule has 130 valence electrons. The smallest absolute Gasteiger partial charge is 0.338 e. The Labute approximate surface area is 151 Å². The Morgan fingerprint density at radius 1 is 1.16 bits per heavy atom. The molecule has 0 aliphatic heterocycles. The average Bonchev–Trinajstić information content (AvgIpc) is 3.31. The van der Waals surface area contributed by atoms with Gasteiger partial charge in [0.15, 0.2) is 5.76 Å². The number of hydrogen-bond donors (Lipinski definition) is 0. The van der Waals surface area contributed by atoms with Gasteiger partial charge in [0.25, 0.3) is 0 Å². The summed E-state index contributed by atoms with van der Waals surface area (Å²) < 4.78 is 26.7. The molecule has 3 rings (SSSR count). The second-order valence-corrected chi connectivity index (χ2v) is 5.72. The van der Waals surface area contributed by atoms with Crippen LogP contribution in [0.15, 0.2) is 50.0 Å². The van der Waals surface area contributed by atoms with Crippen LogP contribution in [0.25, 0.3) is 11.5 Å². The van der Waals surface area contributed by atoms with Crippen molar-refractivity contribution < 1.29 is 27.9 Å². The lowest BCUT2D eigenvalue weighted by Gasteiger charge is -2.11. The molecule has 0 aliphatic rings. The number of ether oxygens (including phenoxy) is 3. The predicted molar refractivity (Wildman–Crippen MR) is 90.6 cm³/mol. The third-order valence-corrected chi connectivity index (χ3v) is 4.14. The van der Waals surface area contributed by atoms with Gasteiger partial charge in [-0.3, -0.25) is 0 Å². The third kappa shape index (κ3) is 3.69. The maximum Gasteiger partial charge on any atom is 0.338 e. The number of aromatic nitrogens is 1. The van der Waals surface area contributed by atoms with Crippen LogP contribution in [0.2, 0.25) is 0 Å². The molecule has 0 atom stereocenters. The van der Waals surface area contributed by atoms with Crippen molar-refractivity contribution in [3.63, 3.8) is 0 Å². The van der Waals surface area contributed by atoms with E-state index in [1.165, 1.54) is 20.5 Å². The lowest BCUT2D eigenvalue weighted by Crippen LogP contribution is -2.06. The SMILES string of the molecule is COc1cc(C(=O)OCc2cc(-c3ccco3)on2)cc(OC)c1Br. The van der Waals surface area contributed by atoms with Crippen molar-refractivity contribution in [2.75, 3.05) is 14.2 Å². The van der Waals surface area contributed by atoms with E-state index in [2.05, 4.69) is 21.1 Å². The molecule has 0 spiro atoms. The lowest BCUT2D eigenvalue weighted by molar-refractivity contribution is 0.0463. The zero-order valence-electron chi connectivity index (χ0n) is 13.4. The van der Waals surface area contributed by atoms with Gasteiger partial charge in [0.05, 0.1) is 26.0 Å². The molecule has 0 bridgehead atoms. The molecule has 1 aromatic carbocycles. The van der Waals surface area contributed by atoms with Gasteiger partial charge in [0.1, 0.15) is 28.3 Å². The Hall–Kier alpha value is -2.74. The van der Waals surface area contributed by atoms with Crippen LogP contribution in [0.1, 0.15) is 16.1 Å². The molecule has 0 unspecified atom stereocenters. The second-order valence-electron chi connectivity index (χ2n) is 4.93. The van der Waals surface area contributed by atoms with Crippen molar-refractivity contribution in [1.82, 2.24) is 5.16 Å². The molecule has 25 heavy (non-hydrogen) atoms. The van der Waals surface area contributed by atoms with E-state index in [0.717, 1.165) is 0 Å². The number of methoxy groups -OCH3 is 2. The van der Waals surface area contributed by atoms with E-state index in [0.29, 0.717) is 38.7 Å². The molecule has 0 aliphatic carbocycles. The minimum Gasteiger partial charge on any atom is -0.495 e. The zero-order valence-corrected chi connectivity index (χ0v) is 15.0. The lowest BCUT2D eigenvalue weighted by atomic mass is 10.2. The molecular weight excluding hydrogens is 394 g/mol. The topological polar surface area (TPSA) is 83.9 Å². The van der Waals surface area contributed by atoms with Gasteiger partial charge < -0.3 is 23.2 Å². The fourth-order valence-electron chi connectivity index (χ4n) is 2.12. The second kappa shape index (κ2) is 7.43. The first-order valence-corrected chi connectivity index (χ1v) is 7.99. The van der Waals surface area contributed by atoms with Crippen LogP contribution in [0.5, 0.6) is 11.5 Å². The maximum atomic E-state index is 12.3. The van der Waals surface area contributed by atoms with Crippen LogP contribution in [0, 0.1) is 0 Å². The van der Waals surface area contributed by atoms with Crippen molar-refractivity contribution >= 4 is 21.9 Å². The van der Waals surface area contributed by atoms with Gasteiger partial charge in [-0.1, -0.05) is 5.16 Å². The van der Waals surface area contributed by atoms with E-state index in [1.54, 1.807) is 30.3 Å². The molecule has 7 nitrogen and oxygen atoms in total. The Morgan fingerprint density at radius 2 is 1.88 bits per heavy atom. The summed E-state index contributed by atoms with van der Waals surface area (Å²) >= 11 is 3.35. The Morgan fingerprint density at radius 3 is 2.48 bits per heavy atom. The molecule has 8 heteroatoms. The minimum absolute atomic E-state index is 0.0380. The van der Waals surface area contributed by atoms with Crippen LogP contribution >= 0.6 is 15.9 Å². The molecule has 0 amide bonds. The minimum atomic E-state index is -0.536. The van der Waals surface area contributed by atoms with E-state index >= 15 is 0 Å². The van der Waals surface area contributed by atoms with E-state index in [-0.39, 0.29) is 6.61 Å². The zero-order chi connectivity index (χ0) is 17.8. The summed E-state index contributed by atoms with van der Waals surface area (Å²) in [5.41, 5.74) is 0.766. The molecule has 3 aromatic rings. The van der Waals surface area contributed by atoms with Crippen molar-refractivity contribution in [2.45, 2.75) is 6.61 Å². The summed E-state index contributed by atoms with van der Waals surface area (Å²) in [7, 11) is 3.00. The fraction of sp³-hybridized carbons (Fsp3) is 0.176. The quantitative estimate of drug-likeness (QED) is 0.569. The number of carbonyl (C=O) groups excluding carboxylic acids is 1. The summed E-state index contributed by atoms with van der Waals surface area (Å²) in [5.74, 6) is 1.41. The number of carbonyl (C=O) groups is 1. The van der Waals surface area contributed by atoms with Gasteiger partial charge in [-0.05, 0) is 40.2 Å². The van der Waals surface area contributed by atoms with Crippen molar-refractivity contribution in [2.24, 2.45) is 0 Å². The van der Waals surface area contributed by atoms with Gasteiger partial charge in [-0.25, -0.2) is 4.79 Å². The molecule has 2 aromatic heterocycles. The van der Waals surface area contributed by atoms with Gasteiger partial charge >= 0.3 is 5.97 Å². The largest absolute Gasteiger partial charge is 0.495 e. The van der Waals surface area contributed by atoms with Crippen LogP contribution in [0.4, 0.5) is 0 Å². The number of nitrogens with zero attached hydrogens (tertiary/aromatic N) is 1. The van der Waals surface area contributed by atoms with Crippen molar-refractivity contribution in [3.05, 3.63) is 52.3 Å². The number of halogens is 1. The highest BCUT2D eigenvalue weighted by Crippen LogP contribution is 2.35. The third-order valence-electron chi connectivity index (χ3n) is 3.36. The fourth-order valence-corrected chi connectivity index (χ4v) is 2.68. The standard InChI is InChI=1S/C17H14BrNO6/c1-21-14-6-10(7-15(22-2)16(14)18)17(20)24-9-11-8-13(25-19-11)12-4-3-5-23-12/h3-8H,9H2,1-2H3. The summed E-state index contributed by atoms with van der Waals surface area (Å²) in [6.07, 6.45) is 1.53. The number of esters is 1. The predicted octanol–water partition coefficient (Wildman–Crippen LogP) is 4.07. The van der Waals surface area contributed by atoms with E-state index in [4.69, 9.17) is 23.2 Å². The van der Waals surface area contributed by atoms with Gasteiger partial charge in [0.2, 0.25) is 5.76 Å². The highest BCUT2D eigenvalue weighted by Gasteiger charge is 2.17. The number of rotatable bonds is 6. The first-order chi connectivity index (χ1) is 12.1. The van der Waals surface area contributed by atoms with Crippen LogP contribution < -0.4 is 9.47 Å². The molecule has 0 radical (unpaired) electrons. The van der Waals surface area contributed by atoms with Gasteiger partial charge in [-0.15, -0.1) is 0 Å². The van der Waals surface area contributed by atoms with E-state index in [1.807, 2.05) is 0 Å². The first-order valence-electron chi connectivity index (χ1n) is 7.20. The molecule has 0 fully saturated rings. The average molecular weight is 408 g/mol. The first kappa shape index (κ1) is 17.1. The Balaban J connectivity index is 1.71. The van der Waals surface area contributed by atoms with E-state index < -0.39 is 5.97 Å². The Kier molecular flexibility index (Phi) is 5.08. The number of hydrogen-bond acceptors (Lipinski definition) is 7. The normalized spacial score (nSPS) is 10.5. The number of furan rings is 1. The van der Waals surface area contributed by atoms with E-state index in [9.17, 15) is 4.79 Å². The molecule has 0 saturated heterocycles. The van der Waals surface area contributed by atoms with Gasteiger partial charge in [0, 0.05) is 6.07 Å². The summed E-state index contributed by atoms with van der Waals surface area (Å²) in [4.78, 5) is 12.3. The molecule has 2 heterocycles. The highest BCUT2D eigenvalue weighted by atomic mass is 79.9. The van der Waals surface area contributed by atoms with Crippen molar-refractivity contribution in [1.29, 1.82) is 0 Å². The van der Waals surface area contributed by atoms with Crippen LogP contribution in [-0.4, -0.2) is 25.3 Å². The summed E-state index contributed by atoms with van der Waals surface area (Å²) in [6, 6.07) is 8.26. The molecule has 0 saturated carbocycles. The molecular formula is C17H14BrNO6. The van der Waals surface area contributed by atoms with Crippen molar-refractivity contribution in [3.8, 4) is 23.0 Å². The highest BCUT2D eigenvalue weighted by molar-refractivity contribution is 9.10. The van der Waals surface area contributed by atoms with Crippen LogP contribution in [-0.2, 0) is 11.3 Å². The number of benzene rings is 1. The summed E-state index contributed by atoms with van der Waals surface area (Å²) in [6.45, 7) is -0.0380. The van der Waals surface area contributed by atoms with Gasteiger partial charge in [-0.2, -0.15) is 0 Å². The summed E-state index contributed by atoms with van der Waals surface area (Å²) in [5, 5.41) is 3.85. The van der Waals surface area contributed by atoms with Crippen LogP contribution in [0.3, 0.4) is 0 Å². The Bertz CT molecular complexity index is 846. The molecule has 0 N–H and O–H groups in total.